The SMILES string of the molecule is Cc1ccc(-c2nc(CC(=O)NCC3CCCN3)cs2)cc1. The van der Waals surface area contributed by atoms with Gasteiger partial charge in [0, 0.05) is 23.5 Å². The Kier molecular flexibility index (Phi) is 4.85. The highest BCUT2D eigenvalue weighted by molar-refractivity contribution is 7.13. The average molecular weight is 315 g/mol. The number of carbonyl (C=O) groups is 1. The van der Waals surface area contributed by atoms with E-state index in [2.05, 4.69) is 46.8 Å². The Bertz CT molecular complexity index is 630. The van der Waals surface area contributed by atoms with Crippen LogP contribution in [0.4, 0.5) is 0 Å². The van der Waals surface area contributed by atoms with Crippen LogP contribution >= 0.6 is 11.3 Å². The number of amides is 1. The predicted molar refractivity (Wildman–Crippen MR) is 90.0 cm³/mol. The van der Waals surface area contributed by atoms with Crippen LogP contribution in [0.3, 0.4) is 0 Å². The molecule has 1 aromatic carbocycles. The van der Waals surface area contributed by atoms with E-state index in [0.717, 1.165) is 29.2 Å². The van der Waals surface area contributed by atoms with Crippen molar-refractivity contribution in [3.63, 3.8) is 0 Å². The van der Waals surface area contributed by atoms with Crippen LogP contribution in [0.2, 0.25) is 0 Å². The molecule has 1 aliphatic rings. The number of rotatable bonds is 5. The maximum Gasteiger partial charge on any atom is 0.226 e. The summed E-state index contributed by atoms with van der Waals surface area (Å²) in [5.41, 5.74) is 3.19. The van der Waals surface area contributed by atoms with Gasteiger partial charge in [-0.1, -0.05) is 29.8 Å². The molecule has 0 aliphatic carbocycles. The monoisotopic (exact) mass is 315 g/mol. The van der Waals surface area contributed by atoms with Gasteiger partial charge in [0.1, 0.15) is 5.01 Å². The fourth-order valence-electron chi connectivity index (χ4n) is 2.61. The normalized spacial score (nSPS) is 17.6. The lowest BCUT2D eigenvalue weighted by Gasteiger charge is -2.10. The standard InChI is InChI=1S/C17H21N3OS/c1-12-4-6-13(7-5-12)17-20-15(11-22-17)9-16(21)19-10-14-3-2-8-18-14/h4-7,11,14,18H,2-3,8-10H2,1H3,(H,19,21). The van der Waals surface area contributed by atoms with E-state index in [9.17, 15) is 4.79 Å². The summed E-state index contributed by atoms with van der Waals surface area (Å²) >= 11 is 1.59. The largest absolute Gasteiger partial charge is 0.354 e. The smallest absolute Gasteiger partial charge is 0.226 e. The third-order valence-electron chi connectivity index (χ3n) is 3.90. The lowest BCUT2D eigenvalue weighted by molar-refractivity contribution is -0.120. The molecule has 1 atom stereocenters. The summed E-state index contributed by atoms with van der Waals surface area (Å²) in [5, 5.41) is 9.32. The molecule has 0 spiro atoms. The molecule has 0 saturated carbocycles. The van der Waals surface area contributed by atoms with Gasteiger partial charge in [-0.25, -0.2) is 4.98 Å². The summed E-state index contributed by atoms with van der Waals surface area (Å²) in [7, 11) is 0. The van der Waals surface area contributed by atoms with E-state index in [1.54, 1.807) is 11.3 Å². The molecule has 0 bridgehead atoms. The highest BCUT2D eigenvalue weighted by atomic mass is 32.1. The van der Waals surface area contributed by atoms with E-state index in [4.69, 9.17) is 0 Å². The number of hydrogen-bond donors (Lipinski definition) is 2. The predicted octanol–water partition coefficient (Wildman–Crippen LogP) is 2.53. The van der Waals surface area contributed by atoms with Crippen LogP contribution in [0.25, 0.3) is 10.6 Å². The van der Waals surface area contributed by atoms with Gasteiger partial charge in [-0.2, -0.15) is 0 Å². The van der Waals surface area contributed by atoms with Crippen molar-refractivity contribution in [3.05, 3.63) is 40.9 Å². The van der Waals surface area contributed by atoms with Crippen molar-refractivity contribution in [1.82, 2.24) is 15.6 Å². The van der Waals surface area contributed by atoms with Gasteiger partial charge in [-0.3, -0.25) is 4.79 Å². The molecule has 2 heterocycles. The highest BCUT2D eigenvalue weighted by Gasteiger charge is 2.15. The van der Waals surface area contributed by atoms with Crippen LogP contribution in [0.5, 0.6) is 0 Å². The minimum absolute atomic E-state index is 0.0504. The zero-order valence-corrected chi connectivity index (χ0v) is 13.6. The lowest BCUT2D eigenvalue weighted by Crippen LogP contribution is -2.37. The first-order valence-electron chi connectivity index (χ1n) is 7.72. The summed E-state index contributed by atoms with van der Waals surface area (Å²) in [5.74, 6) is 0.0504. The molecule has 1 saturated heterocycles. The highest BCUT2D eigenvalue weighted by Crippen LogP contribution is 2.24. The Balaban J connectivity index is 1.54. The Morgan fingerprint density at radius 2 is 2.23 bits per heavy atom. The van der Waals surface area contributed by atoms with Crippen LogP contribution in [-0.4, -0.2) is 30.0 Å². The molecule has 3 rings (SSSR count). The Hall–Kier alpha value is -1.72. The first kappa shape index (κ1) is 15.2. The summed E-state index contributed by atoms with van der Waals surface area (Å²) < 4.78 is 0. The van der Waals surface area contributed by atoms with E-state index in [1.165, 1.54) is 12.0 Å². The number of thiazole rings is 1. The zero-order valence-electron chi connectivity index (χ0n) is 12.8. The van der Waals surface area contributed by atoms with Crippen molar-refractivity contribution in [3.8, 4) is 10.6 Å². The molecular weight excluding hydrogens is 294 g/mol. The van der Waals surface area contributed by atoms with E-state index in [0.29, 0.717) is 19.0 Å². The van der Waals surface area contributed by atoms with Gasteiger partial charge in [-0.15, -0.1) is 11.3 Å². The molecule has 2 aromatic rings. The number of aromatic nitrogens is 1. The van der Waals surface area contributed by atoms with Crippen LogP contribution in [0, 0.1) is 6.92 Å². The van der Waals surface area contributed by atoms with Gasteiger partial charge >= 0.3 is 0 Å². The zero-order chi connectivity index (χ0) is 15.4. The number of nitrogens with one attached hydrogen (secondary N) is 2. The molecule has 4 nitrogen and oxygen atoms in total. The van der Waals surface area contributed by atoms with Crippen molar-refractivity contribution < 1.29 is 4.79 Å². The van der Waals surface area contributed by atoms with Gasteiger partial charge in [0.15, 0.2) is 0 Å². The lowest BCUT2D eigenvalue weighted by atomic mass is 10.2. The molecule has 116 valence electrons. The van der Waals surface area contributed by atoms with Crippen LogP contribution in [0.1, 0.15) is 24.1 Å². The summed E-state index contributed by atoms with van der Waals surface area (Å²) in [4.78, 5) is 16.6. The number of nitrogens with zero attached hydrogens (tertiary/aromatic N) is 1. The molecule has 1 aliphatic heterocycles. The average Bonchev–Trinajstić information content (AvgIpc) is 3.17. The molecule has 1 amide bonds. The van der Waals surface area contributed by atoms with Crippen molar-refractivity contribution in [2.24, 2.45) is 0 Å². The van der Waals surface area contributed by atoms with Crippen molar-refractivity contribution in [1.29, 1.82) is 0 Å². The Morgan fingerprint density at radius 1 is 1.41 bits per heavy atom. The summed E-state index contributed by atoms with van der Waals surface area (Å²) in [6, 6.07) is 8.74. The number of hydrogen-bond acceptors (Lipinski definition) is 4. The second-order valence-corrected chi connectivity index (χ2v) is 6.64. The number of benzene rings is 1. The van der Waals surface area contributed by atoms with E-state index >= 15 is 0 Å². The van der Waals surface area contributed by atoms with Crippen molar-refractivity contribution >= 4 is 17.2 Å². The number of aryl methyl sites for hydroxylation is 1. The molecule has 1 fully saturated rings. The second kappa shape index (κ2) is 7.03. The quantitative estimate of drug-likeness (QED) is 0.891. The van der Waals surface area contributed by atoms with Gasteiger partial charge < -0.3 is 10.6 Å². The van der Waals surface area contributed by atoms with E-state index in [-0.39, 0.29) is 5.91 Å². The fourth-order valence-corrected chi connectivity index (χ4v) is 3.44. The molecule has 22 heavy (non-hydrogen) atoms. The maximum absolute atomic E-state index is 12.0. The van der Waals surface area contributed by atoms with E-state index in [1.807, 2.05) is 5.38 Å². The molecule has 5 heteroatoms. The summed E-state index contributed by atoms with van der Waals surface area (Å²) in [6.07, 6.45) is 2.70. The van der Waals surface area contributed by atoms with Crippen LogP contribution in [-0.2, 0) is 11.2 Å². The minimum atomic E-state index is 0.0504. The van der Waals surface area contributed by atoms with Gasteiger partial charge in [0.25, 0.3) is 0 Å². The van der Waals surface area contributed by atoms with Gasteiger partial charge in [0.2, 0.25) is 5.91 Å². The summed E-state index contributed by atoms with van der Waals surface area (Å²) in [6.45, 7) is 3.85. The Morgan fingerprint density at radius 3 is 2.95 bits per heavy atom. The van der Waals surface area contributed by atoms with Gasteiger partial charge in [-0.05, 0) is 26.3 Å². The topological polar surface area (TPSA) is 54.0 Å². The fraction of sp³-hybridized carbons (Fsp3) is 0.412. The molecular formula is C17H21N3OS. The molecule has 1 aromatic heterocycles. The minimum Gasteiger partial charge on any atom is -0.354 e. The van der Waals surface area contributed by atoms with Crippen molar-refractivity contribution in [2.45, 2.75) is 32.2 Å². The molecule has 1 unspecified atom stereocenters. The third kappa shape index (κ3) is 3.93. The molecule has 2 N–H and O–H groups in total. The molecule has 0 radical (unpaired) electrons. The second-order valence-electron chi connectivity index (χ2n) is 5.78. The van der Waals surface area contributed by atoms with Gasteiger partial charge in [0.05, 0.1) is 12.1 Å². The first-order valence-corrected chi connectivity index (χ1v) is 8.60. The maximum atomic E-state index is 12.0. The Labute approximate surface area is 135 Å². The third-order valence-corrected chi connectivity index (χ3v) is 4.84. The van der Waals surface area contributed by atoms with Crippen LogP contribution in [0.15, 0.2) is 29.6 Å². The first-order chi connectivity index (χ1) is 10.7. The number of carbonyl (C=O) groups excluding carboxylic acids is 1. The van der Waals surface area contributed by atoms with Crippen LogP contribution < -0.4 is 10.6 Å². The van der Waals surface area contributed by atoms with Crippen molar-refractivity contribution in [2.75, 3.05) is 13.1 Å². The van der Waals surface area contributed by atoms with E-state index < -0.39 is 0 Å².